The second-order valence-electron chi connectivity index (χ2n) is 8.07. The number of rotatable bonds is 8. The molecule has 0 fully saturated rings. The first kappa shape index (κ1) is 22.7. The topological polar surface area (TPSA) is 75.0 Å². The van der Waals surface area contributed by atoms with Gasteiger partial charge in [-0.15, -0.1) is 0 Å². The van der Waals surface area contributed by atoms with Gasteiger partial charge in [0.2, 0.25) is 0 Å². The molecule has 0 saturated heterocycles. The highest BCUT2D eigenvalue weighted by Crippen LogP contribution is 2.41. The SMILES string of the molecule is COc1cc2c(cc1OC)C(c1ccccc1)N(CC(O)COc1ccc(C#N)cc1)CC2. The van der Waals surface area contributed by atoms with Gasteiger partial charge in [-0.25, -0.2) is 0 Å². The van der Waals surface area contributed by atoms with E-state index in [0.29, 0.717) is 23.6 Å². The Bertz CT molecular complexity index is 1110. The van der Waals surface area contributed by atoms with Crippen molar-refractivity contribution >= 4 is 0 Å². The largest absolute Gasteiger partial charge is 0.493 e. The van der Waals surface area contributed by atoms with E-state index in [9.17, 15) is 5.11 Å². The molecule has 3 aromatic rings. The summed E-state index contributed by atoms with van der Waals surface area (Å²) in [6.07, 6.45) is 0.177. The minimum absolute atomic E-state index is 0.0145. The normalized spacial score (nSPS) is 16.4. The Morgan fingerprint density at radius 3 is 2.39 bits per heavy atom. The van der Waals surface area contributed by atoms with Crippen LogP contribution in [0.5, 0.6) is 17.2 Å². The van der Waals surface area contributed by atoms with Gasteiger partial charge in [0.15, 0.2) is 11.5 Å². The second-order valence-corrected chi connectivity index (χ2v) is 8.07. The van der Waals surface area contributed by atoms with Crippen LogP contribution in [0, 0.1) is 11.3 Å². The fraction of sp³-hybridized carbons (Fsp3) is 0.296. The number of nitrogens with zero attached hydrogens (tertiary/aromatic N) is 2. The van der Waals surface area contributed by atoms with Crippen molar-refractivity contribution in [2.75, 3.05) is 33.9 Å². The van der Waals surface area contributed by atoms with Crippen molar-refractivity contribution < 1.29 is 19.3 Å². The highest BCUT2D eigenvalue weighted by Gasteiger charge is 2.31. The van der Waals surface area contributed by atoms with Crippen LogP contribution in [0.4, 0.5) is 0 Å². The lowest BCUT2D eigenvalue weighted by atomic mass is 9.87. The summed E-state index contributed by atoms with van der Waals surface area (Å²) in [6, 6.07) is 23.4. The molecule has 6 nitrogen and oxygen atoms in total. The smallest absolute Gasteiger partial charge is 0.161 e. The Morgan fingerprint density at radius 2 is 1.73 bits per heavy atom. The minimum atomic E-state index is -0.673. The molecule has 170 valence electrons. The third-order valence-electron chi connectivity index (χ3n) is 5.96. The number of fused-ring (bicyclic) bond motifs is 1. The first-order valence-corrected chi connectivity index (χ1v) is 11.0. The first-order chi connectivity index (χ1) is 16.1. The number of β-amino-alcohol motifs (C(OH)–C–C–N with tert-alkyl or cyclic N) is 1. The lowest BCUT2D eigenvalue weighted by Crippen LogP contribution is -2.42. The monoisotopic (exact) mass is 444 g/mol. The molecule has 1 aliphatic heterocycles. The standard InChI is InChI=1S/C27H28N2O4/c1-31-25-14-21-12-13-29(17-22(30)18-33-23-10-8-19(16-28)9-11-23)27(20-6-4-3-5-7-20)24(21)15-26(25)32-2/h3-11,14-15,22,27,30H,12-13,17-18H2,1-2H3. The molecule has 1 N–H and O–H groups in total. The number of nitriles is 1. The van der Waals surface area contributed by atoms with Crippen molar-refractivity contribution in [3.8, 4) is 23.3 Å². The van der Waals surface area contributed by atoms with Gasteiger partial charge in [-0.3, -0.25) is 4.90 Å². The number of aliphatic hydroxyl groups is 1. The maximum absolute atomic E-state index is 10.8. The fourth-order valence-electron chi connectivity index (χ4n) is 4.36. The molecule has 0 spiro atoms. The van der Waals surface area contributed by atoms with Crippen LogP contribution in [0.1, 0.15) is 28.3 Å². The Hall–Kier alpha value is -3.53. The van der Waals surface area contributed by atoms with E-state index in [4.69, 9.17) is 19.5 Å². The fourth-order valence-corrected chi connectivity index (χ4v) is 4.36. The van der Waals surface area contributed by atoms with Gasteiger partial charge in [0, 0.05) is 13.1 Å². The maximum atomic E-state index is 10.8. The Kier molecular flexibility index (Phi) is 7.13. The number of benzene rings is 3. The van der Waals surface area contributed by atoms with E-state index in [1.54, 1.807) is 38.5 Å². The number of aliphatic hydroxyl groups excluding tert-OH is 1. The van der Waals surface area contributed by atoms with Gasteiger partial charge < -0.3 is 19.3 Å². The van der Waals surface area contributed by atoms with E-state index < -0.39 is 6.10 Å². The molecule has 3 aromatic carbocycles. The molecule has 0 radical (unpaired) electrons. The summed E-state index contributed by atoms with van der Waals surface area (Å²) in [5, 5.41) is 19.7. The maximum Gasteiger partial charge on any atom is 0.161 e. The van der Waals surface area contributed by atoms with E-state index >= 15 is 0 Å². The van der Waals surface area contributed by atoms with Crippen LogP contribution in [0.25, 0.3) is 0 Å². The summed E-state index contributed by atoms with van der Waals surface area (Å²) in [5.74, 6) is 2.06. The minimum Gasteiger partial charge on any atom is -0.493 e. The average Bonchev–Trinajstić information content (AvgIpc) is 2.87. The van der Waals surface area contributed by atoms with Crippen molar-refractivity contribution in [2.24, 2.45) is 0 Å². The number of hydrogen-bond acceptors (Lipinski definition) is 6. The van der Waals surface area contributed by atoms with Crippen LogP contribution < -0.4 is 14.2 Å². The lowest BCUT2D eigenvalue weighted by Gasteiger charge is -2.39. The molecule has 0 aliphatic carbocycles. The van der Waals surface area contributed by atoms with Crippen LogP contribution in [-0.2, 0) is 6.42 Å². The molecule has 1 heterocycles. The first-order valence-electron chi connectivity index (χ1n) is 11.0. The molecule has 0 amide bonds. The van der Waals surface area contributed by atoms with Crippen molar-refractivity contribution in [3.05, 3.63) is 89.0 Å². The molecule has 0 saturated carbocycles. The van der Waals surface area contributed by atoms with Crippen molar-refractivity contribution in [3.63, 3.8) is 0 Å². The quantitative estimate of drug-likeness (QED) is 0.567. The van der Waals surface area contributed by atoms with E-state index in [1.165, 1.54) is 5.56 Å². The van der Waals surface area contributed by atoms with Crippen LogP contribution in [-0.4, -0.2) is 50.0 Å². The predicted octanol–water partition coefficient (Wildman–Crippen LogP) is 3.96. The predicted molar refractivity (Wildman–Crippen MR) is 126 cm³/mol. The van der Waals surface area contributed by atoms with Gasteiger partial charge in [-0.1, -0.05) is 30.3 Å². The zero-order chi connectivity index (χ0) is 23.2. The van der Waals surface area contributed by atoms with E-state index in [1.807, 2.05) is 18.2 Å². The number of ether oxygens (including phenoxy) is 3. The lowest BCUT2D eigenvalue weighted by molar-refractivity contribution is 0.0553. The molecular formula is C27H28N2O4. The van der Waals surface area contributed by atoms with Gasteiger partial charge in [-0.2, -0.15) is 5.26 Å². The van der Waals surface area contributed by atoms with Crippen molar-refractivity contribution in [1.82, 2.24) is 4.90 Å². The zero-order valence-corrected chi connectivity index (χ0v) is 18.9. The van der Waals surface area contributed by atoms with Crippen LogP contribution in [0.3, 0.4) is 0 Å². The number of hydrogen-bond donors (Lipinski definition) is 1. The highest BCUT2D eigenvalue weighted by atomic mass is 16.5. The van der Waals surface area contributed by atoms with Gasteiger partial charge in [-0.05, 0) is 59.5 Å². The molecule has 0 bridgehead atoms. The third kappa shape index (κ3) is 5.11. The molecule has 4 rings (SSSR count). The van der Waals surface area contributed by atoms with Crippen LogP contribution in [0.2, 0.25) is 0 Å². The third-order valence-corrected chi connectivity index (χ3v) is 5.96. The molecule has 33 heavy (non-hydrogen) atoms. The summed E-state index contributed by atoms with van der Waals surface area (Å²) in [4.78, 5) is 2.29. The van der Waals surface area contributed by atoms with Gasteiger partial charge in [0.25, 0.3) is 0 Å². The highest BCUT2D eigenvalue weighted by molar-refractivity contribution is 5.51. The van der Waals surface area contributed by atoms with E-state index in [0.717, 1.165) is 29.8 Å². The Morgan fingerprint density at radius 1 is 1.03 bits per heavy atom. The molecule has 1 aliphatic rings. The summed E-state index contributed by atoms with van der Waals surface area (Å²) in [6.45, 7) is 1.43. The summed E-state index contributed by atoms with van der Waals surface area (Å²) in [7, 11) is 3.30. The number of methoxy groups -OCH3 is 2. The van der Waals surface area contributed by atoms with E-state index in [-0.39, 0.29) is 12.6 Å². The van der Waals surface area contributed by atoms with Gasteiger partial charge in [0.1, 0.15) is 18.5 Å². The Balaban J connectivity index is 1.55. The molecule has 0 aromatic heterocycles. The van der Waals surface area contributed by atoms with Crippen molar-refractivity contribution in [1.29, 1.82) is 5.26 Å². The van der Waals surface area contributed by atoms with Crippen molar-refractivity contribution in [2.45, 2.75) is 18.6 Å². The van der Waals surface area contributed by atoms with Crippen LogP contribution >= 0.6 is 0 Å². The van der Waals surface area contributed by atoms with Gasteiger partial charge >= 0.3 is 0 Å². The zero-order valence-electron chi connectivity index (χ0n) is 18.9. The van der Waals surface area contributed by atoms with E-state index in [2.05, 4.69) is 35.2 Å². The summed E-state index contributed by atoms with van der Waals surface area (Å²) in [5.41, 5.74) is 4.12. The Labute approximate surface area is 194 Å². The molecule has 2 atom stereocenters. The molecule has 6 heteroatoms. The van der Waals surface area contributed by atoms with Crippen LogP contribution in [0.15, 0.2) is 66.7 Å². The average molecular weight is 445 g/mol. The van der Waals surface area contributed by atoms with Gasteiger partial charge in [0.05, 0.1) is 31.9 Å². The summed E-state index contributed by atoms with van der Waals surface area (Å²) < 4.78 is 16.8. The molecule has 2 unspecified atom stereocenters. The second kappa shape index (κ2) is 10.4. The molecular weight excluding hydrogens is 416 g/mol. The summed E-state index contributed by atoms with van der Waals surface area (Å²) >= 11 is 0.